The van der Waals surface area contributed by atoms with Gasteiger partial charge in [0.05, 0.1) is 11.4 Å². The molecule has 0 saturated heterocycles. The summed E-state index contributed by atoms with van der Waals surface area (Å²) in [5.74, 6) is 0.174. The molecule has 1 aromatic rings. The van der Waals surface area contributed by atoms with Gasteiger partial charge in [0, 0.05) is 18.2 Å². The van der Waals surface area contributed by atoms with E-state index in [-0.39, 0.29) is 22.3 Å². The zero-order chi connectivity index (χ0) is 20.0. The highest BCUT2D eigenvalue weighted by Crippen LogP contribution is 2.63. The quantitative estimate of drug-likeness (QED) is 0.784. The molecule has 6 nitrogen and oxygen atoms in total. The predicted octanol–water partition coefficient (Wildman–Crippen LogP) is 2.93. The molecule has 0 heterocycles. The molecule has 2 bridgehead atoms. The van der Waals surface area contributed by atoms with Gasteiger partial charge in [-0.15, -0.1) is 0 Å². The van der Waals surface area contributed by atoms with Crippen LogP contribution < -0.4 is 5.43 Å². The van der Waals surface area contributed by atoms with Crippen molar-refractivity contribution in [1.29, 1.82) is 0 Å². The third kappa shape index (κ3) is 3.31. The average Bonchev–Trinajstić information content (AvgIpc) is 2.93. The first kappa shape index (κ1) is 20.0. The standard InChI is InChI=1S/C20H29N3O3S/c1-14-6-8-16(9-7-14)27(25,26)23(5)13-18(24)22-21-17-12-15-10-11-20(17,4)19(15,2)3/h6-9,15H,10-13H2,1-5H3,(H,22,24)/b21-17-. The number of nitrogens with zero attached hydrogens (tertiary/aromatic N) is 2. The lowest BCUT2D eigenvalue weighted by atomic mass is 9.70. The van der Waals surface area contributed by atoms with E-state index in [0.29, 0.717) is 5.92 Å². The van der Waals surface area contributed by atoms with Crippen molar-refractivity contribution in [2.75, 3.05) is 13.6 Å². The molecular weight excluding hydrogens is 362 g/mol. The Bertz CT molecular complexity index is 874. The summed E-state index contributed by atoms with van der Waals surface area (Å²) in [5.41, 5.74) is 4.77. The molecule has 27 heavy (non-hydrogen) atoms. The summed E-state index contributed by atoms with van der Waals surface area (Å²) in [6.45, 7) is 8.40. The minimum atomic E-state index is -3.70. The number of amides is 1. The van der Waals surface area contributed by atoms with Crippen LogP contribution in [0.4, 0.5) is 0 Å². The number of nitrogens with one attached hydrogen (secondary N) is 1. The maximum Gasteiger partial charge on any atom is 0.255 e. The van der Waals surface area contributed by atoms with Gasteiger partial charge in [-0.1, -0.05) is 38.5 Å². The highest BCUT2D eigenvalue weighted by molar-refractivity contribution is 7.89. The van der Waals surface area contributed by atoms with Crippen LogP contribution in [-0.2, 0) is 14.8 Å². The van der Waals surface area contributed by atoms with Crippen LogP contribution in [0.1, 0.15) is 45.6 Å². The van der Waals surface area contributed by atoms with Crippen molar-refractivity contribution in [2.45, 2.75) is 51.9 Å². The normalized spacial score (nSPS) is 28.1. The van der Waals surface area contributed by atoms with Crippen LogP contribution in [0.5, 0.6) is 0 Å². The van der Waals surface area contributed by atoms with Crippen LogP contribution in [0.3, 0.4) is 0 Å². The molecule has 2 saturated carbocycles. The van der Waals surface area contributed by atoms with Crippen molar-refractivity contribution in [3.8, 4) is 0 Å². The van der Waals surface area contributed by atoms with Gasteiger partial charge in [0.2, 0.25) is 10.0 Å². The third-order valence-electron chi connectivity index (χ3n) is 6.92. The molecule has 1 aromatic carbocycles. The molecule has 1 amide bonds. The van der Waals surface area contributed by atoms with Crippen LogP contribution in [0.25, 0.3) is 0 Å². The second kappa shape index (κ2) is 6.71. The number of aryl methyl sites for hydroxylation is 1. The number of rotatable bonds is 5. The zero-order valence-corrected chi connectivity index (χ0v) is 17.6. The fourth-order valence-corrected chi connectivity index (χ4v) is 5.57. The van der Waals surface area contributed by atoms with E-state index in [9.17, 15) is 13.2 Å². The van der Waals surface area contributed by atoms with Crippen LogP contribution in [0.2, 0.25) is 0 Å². The van der Waals surface area contributed by atoms with Crippen LogP contribution in [-0.4, -0.2) is 37.9 Å². The Morgan fingerprint density at radius 3 is 2.41 bits per heavy atom. The Hall–Kier alpha value is -1.73. The molecule has 3 rings (SSSR count). The second-order valence-corrected chi connectivity index (χ2v) is 10.7. The lowest BCUT2D eigenvalue weighted by Gasteiger charge is -2.34. The first-order chi connectivity index (χ1) is 12.5. The minimum absolute atomic E-state index is 0.00479. The topological polar surface area (TPSA) is 78.8 Å². The van der Waals surface area contributed by atoms with Crippen LogP contribution >= 0.6 is 0 Å². The molecule has 7 heteroatoms. The predicted molar refractivity (Wildman–Crippen MR) is 106 cm³/mol. The van der Waals surface area contributed by atoms with Crippen molar-refractivity contribution in [3.05, 3.63) is 29.8 Å². The summed E-state index contributed by atoms with van der Waals surface area (Å²) in [5, 5.41) is 4.39. The highest BCUT2D eigenvalue weighted by Gasteiger charge is 2.60. The van der Waals surface area contributed by atoms with E-state index in [0.717, 1.165) is 28.4 Å². The van der Waals surface area contributed by atoms with E-state index in [1.807, 2.05) is 6.92 Å². The number of likely N-dealkylation sites (N-methyl/N-ethyl adjacent to an activating group) is 1. The van der Waals surface area contributed by atoms with E-state index < -0.39 is 15.9 Å². The first-order valence-electron chi connectivity index (χ1n) is 9.37. The monoisotopic (exact) mass is 391 g/mol. The van der Waals surface area contributed by atoms with E-state index in [4.69, 9.17) is 0 Å². The number of hydrogen-bond donors (Lipinski definition) is 1. The highest BCUT2D eigenvalue weighted by atomic mass is 32.2. The molecule has 2 unspecified atom stereocenters. The zero-order valence-electron chi connectivity index (χ0n) is 16.7. The van der Waals surface area contributed by atoms with Crippen LogP contribution in [0.15, 0.2) is 34.3 Å². The van der Waals surface area contributed by atoms with E-state index in [1.165, 1.54) is 13.5 Å². The van der Waals surface area contributed by atoms with Crippen molar-refractivity contribution in [3.63, 3.8) is 0 Å². The first-order valence-corrected chi connectivity index (χ1v) is 10.8. The third-order valence-corrected chi connectivity index (χ3v) is 8.74. The number of hydrazone groups is 1. The number of carbonyl (C=O) groups excluding carboxylic acids is 1. The summed E-state index contributed by atoms with van der Waals surface area (Å²) in [6, 6.07) is 6.59. The molecule has 2 aliphatic carbocycles. The lowest BCUT2D eigenvalue weighted by molar-refractivity contribution is -0.121. The van der Waals surface area contributed by atoms with Gasteiger partial charge in [0.15, 0.2) is 0 Å². The van der Waals surface area contributed by atoms with Crippen LogP contribution in [0, 0.1) is 23.7 Å². The summed E-state index contributed by atoms with van der Waals surface area (Å²) in [4.78, 5) is 12.5. The summed E-state index contributed by atoms with van der Waals surface area (Å²) < 4.78 is 26.2. The van der Waals surface area contributed by atoms with Gasteiger partial charge in [-0.3, -0.25) is 4.79 Å². The fourth-order valence-electron chi connectivity index (χ4n) is 4.44. The van der Waals surface area contributed by atoms with Gasteiger partial charge >= 0.3 is 0 Å². The SMILES string of the molecule is Cc1ccc(S(=O)(=O)N(C)CC(=O)N/N=C2/CC3CCC2(C)C3(C)C)cc1. The maximum absolute atomic E-state index is 12.6. The fraction of sp³-hybridized carbons (Fsp3) is 0.600. The maximum atomic E-state index is 12.6. The smallest absolute Gasteiger partial charge is 0.255 e. The molecule has 0 radical (unpaired) electrons. The molecule has 2 atom stereocenters. The summed E-state index contributed by atoms with van der Waals surface area (Å²) in [7, 11) is -2.30. The van der Waals surface area contributed by atoms with Gasteiger partial charge in [-0.25, -0.2) is 13.8 Å². The largest absolute Gasteiger partial charge is 0.272 e. The molecule has 148 valence electrons. The Labute approximate surface area is 162 Å². The molecule has 0 aromatic heterocycles. The second-order valence-electron chi connectivity index (χ2n) is 8.66. The lowest BCUT2D eigenvalue weighted by Crippen LogP contribution is -2.38. The van der Waals surface area contributed by atoms with E-state index in [2.05, 4.69) is 31.3 Å². The number of carbonyl (C=O) groups is 1. The number of benzene rings is 1. The number of sulfonamides is 1. The summed E-state index contributed by atoms with van der Waals surface area (Å²) >= 11 is 0. The van der Waals surface area contributed by atoms with Crippen molar-refractivity contribution >= 4 is 21.6 Å². The van der Waals surface area contributed by atoms with Gasteiger partial charge in [0.1, 0.15) is 0 Å². The van der Waals surface area contributed by atoms with Crippen molar-refractivity contribution < 1.29 is 13.2 Å². The Morgan fingerprint density at radius 1 is 1.26 bits per heavy atom. The average molecular weight is 392 g/mol. The Balaban J connectivity index is 1.65. The van der Waals surface area contributed by atoms with Crippen molar-refractivity contribution in [2.24, 2.45) is 21.8 Å². The van der Waals surface area contributed by atoms with Gasteiger partial charge < -0.3 is 0 Å². The summed E-state index contributed by atoms with van der Waals surface area (Å²) in [6.07, 6.45) is 3.19. The molecule has 1 N–H and O–H groups in total. The molecule has 2 aliphatic rings. The van der Waals surface area contributed by atoms with Gasteiger partial charge in [0.25, 0.3) is 5.91 Å². The van der Waals surface area contributed by atoms with Crippen molar-refractivity contribution in [1.82, 2.24) is 9.73 Å². The van der Waals surface area contributed by atoms with Gasteiger partial charge in [-0.05, 0) is 49.7 Å². The number of fused-ring (bicyclic) bond motifs is 2. The van der Waals surface area contributed by atoms with E-state index in [1.54, 1.807) is 24.3 Å². The van der Waals surface area contributed by atoms with E-state index >= 15 is 0 Å². The number of hydrogen-bond acceptors (Lipinski definition) is 4. The molecule has 2 fully saturated rings. The minimum Gasteiger partial charge on any atom is -0.272 e. The molecule has 0 aliphatic heterocycles. The molecule has 0 spiro atoms. The Morgan fingerprint density at radius 2 is 1.89 bits per heavy atom. The molecular formula is C20H29N3O3S. The Kier molecular flexibility index (Phi) is 4.97. The van der Waals surface area contributed by atoms with Gasteiger partial charge in [-0.2, -0.15) is 9.41 Å².